The van der Waals surface area contributed by atoms with E-state index in [1.807, 2.05) is 6.92 Å². The van der Waals surface area contributed by atoms with Gasteiger partial charge in [-0.05, 0) is 48.1 Å². The van der Waals surface area contributed by atoms with Crippen molar-refractivity contribution in [2.45, 2.75) is 39.8 Å². The van der Waals surface area contributed by atoms with Gasteiger partial charge in [-0.25, -0.2) is 4.79 Å². The zero-order chi connectivity index (χ0) is 19.1. The molecule has 1 atom stereocenters. The molecule has 0 aliphatic heterocycles. The lowest BCUT2D eigenvalue weighted by atomic mass is 10.00. The molecule has 5 heteroatoms. The van der Waals surface area contributed by atoms with Gasteiger partial charge in [-0.3, -0.25) is 4.79 Å². The number of benzene rings is 2. The number of nitrogens with one attached hydrogen (secondary N) is 2. The summed E-state index contributed by atoms with van der Waals surface area (Å²) in [5.74, 6) is 0.497. The summed E-state index contributed by atoms with van der Waals surface area (Å²) in [7, 11) is 0. The summed E-state index contributed by atoms with van der Waals surface area (Å²) in [5, 5.41) is 5.53. The molecule has 26 heavy (non-hydrogen) atoms. The predicted octanol–water partition coefficient (Wildman–Crippen LogP) is 3.54. The monoisotopic (exact) mass is 353 g/mol. The first kappa shape index (κ1) is 19.5. The van der Waals surface area contributed by atoms with Crippen LogP contribution >= 0.6 is 0 Å². The number of rotatable bonds is 7. The van der Waals surface area contributed by atoms with Crippen molar-refractivity contribution in [1.29, 1.82) is 0 Å². The number of hydrogen-bond donors (Lipinski definition) is 3. The van der Waals surface area contributed by atoms with E-state index >= 15 is 0 Å². The molecule has 0 radical (unpaired) electrons. The quantitative estimate of drug-likeness (QED) is 0.711. The topological polar surface area (TPSA) is 84.2 Å². The number of amides is 3. The Hall–Kier alpha value is -2.82. The summed E-state index contributed by atoms with van der Waals surface area (Å²) < 4.78 is 0. The highest BCUT2D eigenvalue weighted by atomic mass is 16.2. The summed E-state index contributed by atoms with van der Waals surface area (Å²) in [5.41, 5.74) is 8.90. The van der Waals surface area contributed by atoms with Crippen LogP contribution in [0.15, 0.2) is 48.5 Å². The number of primary amides is 1. The van der Waals surface area contributed by atoms with Crippen LogP contribution in [0.5, 0.6) is 0 Å². The van der Waals surface area contributed by atoms with Crippen LogP contribution in [0.25, 0.3) is 0 Å². The Morgan fingerprint density at radius 2 is 1.50 bits per heavy atom. The lowest BCUT2D eigenvalue weighted by molar-refractivity contribution is 0.0940. The van der Waals surface area contributed by atoms with Crippen LogP contribution < -0.4 is 16.4 Å². The molecule has 0 aliphatic rings. The molecule has 0 aliphatic carbocycles. The minimum absolute atomic E-state index is 0.0770. The van der Waals surface area contributed by atoms with E-state index in [2.05, 4.69) is 48.7 Å². The standard InChI is InChI=1S/C21H27N3O2/c1-14(2)12-16-4-8-18(9-5-16)15(3)24-20(25)19-10-6-17(7-11-19)13-23-21(22)26/h4-11,14-15H,12-13H2,1-3H3,(H,24,25)(H3,22,23,26)/t15-/m1/s1. The van der Waals surface area contributed by atoms with Crippen molar-refractivity contribution in [2.24, 2.45) is 11.7 Å². The van der Waals surface area contributed by atoms with E-state index < -0.39 is 6.03 Å². The van der Waals surface area contributed by atoms with Gasteiger partial charge < -0.3 is 16.4 Å². The maximum Gasteiger partial charge on any atom is 0.312 e. The van der Waals surface area contributed by atoms with Crippen LogP contribution in [0.3, 0.4) is 0 Å². The molecule has 2 aromatic carbocycles. The lowest BCUT2D eigenvalue weighted by Gasteiger charge is -2.15. The highest BCUT2D eigenvalue weighted by molar-refractivity contribution is 5.94. The first-order valence-electron chi connectivity index (χ1n) is 8.87. The van der Waals surface area contributed by atoms with Gasteiger partial charge in [-0.2, -0.15) is 0 Å². The van der Waals surface area contributed by atoms with Crippen LogP contribution in [0.4, 0.5) is 4.79 Å². The molecule has 0 heterocycles. The Labute approximate surface area is 155 Å². The Morgan fingerprint density at radius 3 is 2.04 bits per heavy atom. The van der Waals surface area contributed by atoms with Crippen molar-refractivity contribution < 1.29 is 9.59 Å². The minimum Gasteiger partial charge on any atom is -0.352 e. The summed E-state index contributed by atoms with van der Waals surface area (Å²) >= 11 is 0. The van der Waals surface area contributed by atoms with E-state index in [-0.39, 0.29) is 11.9 Å². The summed E-state index contributed by atoms with van der Waals surface area (Å²) in [4.78, 5) is 23.1. The maximum atomic E-state index is 12.4. The number of hydrogen-bond acceptors (Lipinski definition) is 2. The van der Waals surface area contributed by atoms with Crippen molar-refractivity contribution in [1.82, 2.24) is 10.6 Å². The molecule has 2 rings (SSSR count). The van der Waals surface area contributed by atoms with Crippen LogP contribution in [0.1, 0.15) is 53.9 Å². The summed E-state index contributed by atoms with van der Waals surface area (Å²) in [6.07, 6.45) is 1.05. The molecule has 0 fully saturated rings. The predicted molar refractivity (Wildman–Crippen MR) is 104 cm³/mol. The molecule has 0 saturated heterocycles. The number of carbonyl (C=O) groups is 2. The van der Waals surface area contributed by atoms with Crippen LogP contribution in [0.2, 0.25) is 0 Å². The fourth-order valence-electron chi connectivity index (χ4n) is 2.74. The van der Waals surface area contributed by atoms with Gasteiger partial charge >= 0.3 is 6.03 Å². The Bertz CT molecular complexity index is 737. The third-order valence-electron chi connectivity index (χ3n) is 4.15. The fraction of sp³-hybridized carbons (Fsp3) is 0.333. The normalized spacial score (nSPS) is 11.8. The third-order valence-corrected chi connectivity index (χ3v) is 4.15. The average molecular weight is 353 g/mol. The van der Waals surface area contributed by atoms with Gasteiger partial charge in [0.25, 0.3) is 5.91 Å². The summed E-state index contributed by atoms with van der Waals surface area (Å²) in [6.45, 7) is 6.72. The molecule has 0 saturated carbocycles. The van der Waals surface area contributed by atoms with Crippen LogP contribution in [-0.4, -0.2) is 11.9 Å². The van der Waals surface area contributed by atoms with E-state index in [0.717, 1.165) is 17.5 Å². The SMILES string of the molecule is CC(C)Cc1ccc([C@@H](C)NC(=O)c2ccc(CNC(N)=O)cc2)cc1. The van der Waals surface area contributed by atoms with Gasteiger partial charge in [-0.15, -0.1) is 0 Å². The average Bonchev–Trinajstić information content (AvgIpc) is 2.60. The van der Waals surface area contributed by atoms with Gasteiger partial charge in [0.1, 0.15) is 0 Å². The Balaban J connectivity index is 1.94. The molecule has 0 bridgehead atoms. The van der Waals surface area contributed by atoms with Crippen molar-refractivity contribution >= 4 is 11.9 Å². The van der Waals surface area contributed by atoms with Crippen LogP contribution in [0, 0.1) is 5.92 Å². The van der Waals surface area contributed by atoms with E-state index in [0.29, 0.717) is 18.0 Å². The number of urea groups is 1. The van der Waals surface area contributed by atoms with Gasteiger partial charge in [-0.1, -0.05) is 50.2 Å². The van der Waals surface area contributed by atoms with Crippen molar-refractivity contribution in [3.63, 3.8) is 0 Å². The maximum absolute atomic E-state index is 12.4. The Morgan fingerprint density at radius 1 is 0.923 bits per heavy atom. The van der Waals surface area contributed by atoms with E-state index in [9.17, 15) is 9.59 Å². The van der Waals surface area contributed by atoms with E-state index in [4.69, 9.17) is 5.73 Å². The van der Waals surface area contributed by atoms with Gasteiger partial charge in [0.15, 0.2) is 0 Å². The highest BCUT2D eigenvalue weighted by Gasteiger charge is 2.11. The molecular formula is C21H27N3O2. The van der Waals surface area contributed by atoms with Gasteiger partial charge in [0.05, 0.1) is 6.04 Å². The molecule has 138 valence electrons. The van der Waals surface area contributed by atoms with Crippen molar-refractivity contribution in [3.8, 4) is 0 Å². The second-order valence-corrected chi connectivity index (χ2v) is 6.95. The molecule has 3 amide bonds. The number of nitrogens with two attached hydrogens (primary N) is 1. The molecule has 5 nitrogen and oxygen atoms in total. The molecule has 4 N–H and O–H groups in total. The Kier molecular flexibility index (Phi) is 6.78. The van der Waals surface area contributed by atoms with Crippen molar-refractivity contribution in [2.75, 3.05) is 0 Å². The molecule has 0 aromatic heterocycles. The zero-order valence-corrected chi connectivity index (χ0v) is 15.6. The fourth-order valence-corrected chi connectivity index (χ4v) is 2.74. The lowest BCUT2D eigenvalue weighted by Crippen LogP contribution is -2.28. The molecule has 0 unspecified atom stereocenters. The molecule has 2 aromatic rings. The number of carbonyl (C=O) groups excluding carboxylic acids is 2. The zero-order valence-electron chi connectivity index (χ0n) is 15.6. The third kappa shape index (κ3) is 5.92. The van der Waals surface area contributed by atoms with Gasteiger partial charge in [0.2, 0.25) is 0 Å². The highest BCUT2D eigenvalue weighted by Crippen LogP contribution is 2.16. The van der Waals surface area contributed by atoms with Gasteiger partial charge in [0, 0.05) is 12.1 Å². The largest absolute Gasteiger partial charge is 0.352 e. The van der Waals surface area contributed by atoms with E-state index in [1.54, 1.807) is 24.3 Å². The second kappa shape index (κ2) is 9.04. The van der Waals surface area contributed by atoms with Crippen molar-refractivity contribution in [3.05, 3.63) is 70.8 Å². The first-order valence-corrected chi connectivity index (χ1v) is 8.87. The van der Waals surface area contributed by atoms with E-state index in [1.165, 1.54) is 5.56 Å². The minimum atomic E-state index is -0.569. The van der Waals surface area contributed by atoms with Crippen LogP contribution in [-0.2, 0) is 13.0 Å². The first-order chi connectivity index (χ1) is 12.3. The smallest absolute Gasteiger partial charge is 0.312 e. The molecular weight excluding hydrogens is 326 g/mol. The second-order valence-electron chi connectivity index (χ2n) is 6.95. The molecule has 0 spiro atoms. The summed E-state index contributed by atoms with van der Waals surface area (Å²) in [6, 6.07) is 14.8.